The number of carbonyl (C=O) groups is 1. The Bertz CT molecular complexity index is 1070. The van der Waals surface area contributed by atoms with Crippen molar-refractivity contribution in [1.29, 1.82) is 0 Å². The molecule has 2 heterocycles. The van der Waals surface area contributed by atoms with Gasteiger partial charge in [0.25, 0.3) is 0 Å². The lowest BCUT2D eigenvalue weighted by Crippen LogP contribution is -2.47. The highest BCUT2D eigenvalue weighted by atomic mass is 19.4. The van der Waals surface area contributed by atoms with Crippen LogP contribution in [0.2, 0.25) is 0 Å². The zero-order valence-electron chi connectivity index (χ0n) is 18.6. The normalized spacial score (nSPS) is 22.4. The number of rotatable bonds is 3. The minimum atomic E-state index is -4.50. The Morgan fingerprint density at radius 1 is 1.18 bits per heavy atom. The lowest BCUT2D eigenvalue weighted by molar-refractivity contribution is -0.162. The Morgan fingerprint density at radius 3 is 2.39 bits per heavy atom. The summed E-state index contributed by atoms with van der Waals surface area (Å²) >= 11 is 0. The number of fused-ring (bicyclic) bond motifs is 1. The van der Waals surface area contributed by atoms with E-state index < -0.39 is 46.8 Å². The van der Waals surface area contributed by atoms with Gasteiger partial charge in [0.1, 0.15) is 11.2 Å². The summed E-state index contributed by atoms with van der Waals surface area (Å²) < 4.78 is 72.0. The van der Waals surface area contributed by atoms with Crippen LogP contribution in [-0.2, 0) is 12.0 Å². The van der Waals surface area contributed by atoms with Gasteiger partial charge in [-0.1, -0.05) is 12.1 Å². The number of imidazole rings is 1. The average molecular weight is 471 g/mol. The molecule has 1 aromatic carbocycles. The van der Waals surface area contributed by atoms with E-state index in [4.69, 9.17) is 0 Å². The molecular formula is C23H26F5N3O2. The number of amides is 1. The largest absolute Gasteiger partial charge is 0.465 e. The zero-order valence-corrected chi connectivity index (χ0v) is 18.6. The maximum Gasteiger partial charge on any atom is 0.408 e. The second-order valence-electron chi connectivity index (χ2n) is 9.95. The van der Waals surface area contributed by atoms with Gasteiger partial charge >= 0.3 is 12.3 Å². The first-order valence-corrected chi connectivity index (χ1v) is 10.9. The Kier molecular flexibility index (Phi) is 5.48. The SMILES string of the molecule is CC(C)(C)N(C(=O)O)[C@@H]1CC[C@@H](c2cccc(F)c2F)Cn2c(C3(C(F)(F)F)CC3)cnc21. The van der Waals surface area contributed by atoms with Crippen molar-refractivity contribution in [3.05, 3.63) is 53.1 Å². The standard InChI is InChI=1S/C23H26F5N3O2/c1-21(2,3)31(20(32)33)16-8-7-13(14-5-4-6-15(24)18(14)25)12-30-17(11-29-19(16)30)22(9-10-22)23(26,27)28/h4-6,11,13,16H,7-10,12H2,1-3H3,(H,32,33)/t13-,16-/m1/s1. The maximum absolute atomic E-state index is 14.6. The van der Waals surface area contributed by atoms with Gasteiger partial charge in [-0.2, -0.15) is 13.2 Å². The van der Waals surface area contributed by atoms with Crippen LogP contribution in [0.3, 0.4) is 0 Å². The number of halogens is 5. The van der Waals surface area contributed by atoms with Crippen molar-refractivity contribution in [2.75, 3.05) is 0 Å². The van der Waals surface area contributed by atoms with E-state index in [2.05, 4.69) is 4.98 Å². The van der Waals surface area contributed by atoms with E-state index in [0.29, 0.717) is 0 Å². The average Bonchev–Trinajstić information content (AvgIpc) is 3.43. The smallest absolute Gasteiger partial charge is 0.408 e. The van der Waals surface area contributed by atoms with Gasteiger partial charge in [-0.05, 0) is 58.1 Å². The summed E-state index contributed by atoms with van der Waals surface area (Å²) in [6, 6.07) is 2.94. The molecule has 10 heteroatoms. The molecule has 0 bridgehead atoms. The van der Waals surface area contributed by atoms with Gasteiger partial charge in [-0.3, -0.25) is 4.90 Å². The number of carboxylic acid groups (broad SMARTS) is 1. The summed E-state index contributed by atoms with van der Waals surface area (Å²) in [5.74, 6) is -2.50. The van der Waals surface area contributed by atoms with Crippen molar-refractivity contribution in [2.45, 2.75) is 82.1 Å². The third-order valence-electron chi connectivity index (χ3n) is 6.82. The fourth-order valence-corrected chi connectivity index (χ4v) is 5.06. The molecule has 0 saturated heterocycles. The van der Waals surface area contributed by atoms with Gasteiger partial charge in [0.05, 0.1) is 11.7 Å². The molecular weight excluding hydrogens is 445 g/mol. The minimum absolute atomic E-state index is 0.0436. The minimum Gasteiger partial charge on any atom is -0.465 e. The first-order chi connectivity index (χ1) is 15.3. The predicted molar refractivity (Wildman–Crippen MR) is 110 cm³/mol. The highest BCUT2D eigenvalue weighted by molar-refractivity contribution is 5.66. The molecule has 1 saturated carbocycles. The number of nitrogens with zero attached hydrogens (tertiary/aromatic N) is 3. The van der Waals surface area contributed by atoms with E-state index >= 15 is 0 Å². The van der Waals surface area contributed by atoms with E-state index in [1.54, 1.807) is 20.8 Å². The monoisotopic (exact) mass is 471 g/mol. The Morgan fingerprint density at radius 2 is 1.85 bits per heavy atom. The molecule has 180 valence electrons. The summed E-state index contributed by atoms with van der Waals surface area (Å²) in [7, 11) is 0. The molecule has 2 aromatic rings. The second kappa shape index (κ2) is 7.70. The highest BCUT2D eigenvalue weighted by Gasteiger charge is 2.66. The van der Waals surface area contributed by atoms with Crippen LogP contribution in [0.25, 0.3) is 0 Å². The number of alkyl halides is 3. The van der Waals surface area contributed by atoms with Crippen LogP contribution in [-0.4, -0.2) is 37.4 Å². The summed E-state index contributed by atoms with van der Waals surface area (Å²) in [4.78, 5) is 17.7. The quantitative estimate of drug-likeness (QED) is 0.546. The van der Waals surface area contributed by atoms with Crippen LogP contribution in [0.1, 0.15) is 75.5 Å². The van der Waals surface area contributed by atoms with Crippen LogP contribution in [0.5, 0.6) is 0 Å². The molecule has 1 N–H and O–H groups in total. The van der Waals surface area contributed by atoms with E-state index in [9.17, 15) is 31.9 Å². The van der Waals surface area contributed by atoms with Crippen molar-refractivity contribution < 1.29 is 31.9 Å². The predicted octanol–water partition coefficient (Wildman–Crippen LogP) is 6.15. The summed E-state index contributed by atoms with van der Waals surface area (Å²) in [6.07, 6.45) is -4.26. The van der Waals surface area contributed by atoms with E-state index in [0.717, 1.165) is 6.07 Å². The van der Waals surface area contributed by atoms with Crippen molar-refractivity contribution in [3.8, 4) is 0 Å². The van der Waals surface area contributed by atoms with Gasteiger partial charge in [-0.15, -0.1) is 0 Å². The molecule has 2 atom stereocenters. The Hall–Kier alpha value is -2.65. The van der Waals surface area contributed by atoms with Crippen LogP contribution < -0.4 is 0 Å². The lowest BCUT2D eigenvalue weighted by atomic mass is 9.91. The van der Waals surface area contributed by atoms with E-state index in [1.807, 2.05) is 0 Å². The molecule has 1 amide bonds. The lowest BCUT2D eigenvalue weighted by Gasteiger charge is -2.39. The zero-order chi connectivity index (χ0) is 24.3. The van der Waals surface area contributed by atoms with Gasteiger partial charge in [-0.25, -0.2) is 18.6 Å². The van der Waals surface area contributed by atoms with E-state index in [1.165, 1.54) is 27.8 Å². The Labute approximate surface area is 188 Å². The third-order valence-corrected chi connectivity index (χ3v) is 6.82. The molecule has 1 fully saturated rings. The number of aromatic nitrogens is 2. The fraction of sp³-hybridized carbons (Fsp3) is 0.565. The first kappa shape index (κ1) is 23.5. The molecule has 0 spiro atoms. The van der Waals surface area contributed by atoms with Gasteiger partial charge < -0.3 is 9.67 Å². The molecule has 1 aliphatic heterocycles. The van der Waals surface area contributed by atoms with Gasteiger partial charge in [0.15, 0.2) is 11.6 Å². The van der Waals surface area contributed by atoms with Gasteiger partial charge in [0.2, 0.25) is 0 Å². The number of hydrogen-bond donors (Lipinski definition) is 1. The molecule has 0 unspecified atom stereocenters. The third kappa shape index (κ3) is 3.87. The maximum atomic E-state index is 14.6. The molecule has 5 nitrogen and oxygen atoms in total. The molecule has 1 aromatic heterocycles. The van der Waals surface area contributed by atoms with E-state index in [-0.39, 0.29) is 49.3 Å². The Balaban J connectivity index is 1.87. The van der Waals surface area contributed by atoms with Crippen LogP contribution in [0.4, 0.5) is 26.7 Å². The summed E-state index contributed by atoms with van der Waals surface area (Å²) in [6.45, 7) is 5.04. The summed E-state index contributed by atoms with van der Waals surface area (Å²) in [5.41, 5.74) is -2.89. The van der Waals surface area contributed by atoms with Crippen LogP contribution in [0, 0.1) is 11.6 Å². The molecule has 1 aliphatic carbocycles. The topological polar surface area (TPSA) is 58.4 Å². The highest BCUT2D eigenvalue weighted by Crippen LogP contribution is 2.59. The van der Waals surface area contributed by atoms with Crippen molar-refractivity contribution in [2.24, 2.45) is 0 Å². The van der Waals surface area contributed by atoms with Gasteiger partial charge in [0, 0.05) is 24.2 Å². The van der Waals surface area contributed by atoms with Crippen LogP contribution >= 0.6 is 0 Å². The number of benzene rings is 1. The second-order valence-corrected chi connectivity index (χ2v) is 9.95. The van der Waals surface area contributed by atoms with Crippen molar-refractivity contribution in [1.82, 2.24) is 14.5 Å². The number of hydrogen-bond acceptors (Lipinski definition) is 2. The fourth-order valence-electron chi connectivity index (χ4n) is 5.06. The van der Waals surface area contributed by atoms with Crippen molar-refractivity contribution in [3.63, 3.8) is 0 Å². The first-order valence-electron chi connectivity index (χ1n) is 10.9. The molecule has 0 radical (unpaired) electrons. The molecule has 4 rings (SSSR count). The molecule has 2 aliphatic rings. The van der Waals surface area contributed by atoms with Crippen molar-refractivity contribution >= 4 is 6.09 Å². The summed E-state index contributed by atoms with van der Waals surface area (Å²) in [5, 5.41) is 9.95. The van der Waals surface area contributed by atoms with Crippen LogP contribution in [0.15, 0.2) is 24.4 Å². The molecule has 33 heavy (non-hydrogen) atoms.